The first kappa shape index (κ1) is 29.0. The largest absolute Gasteiger partial charge is 0.455 e. The molecule has 0 radical (unpaired) electrons. The lowest BCUT2D eigenvalue weighted by Gasteiger charge is -2.23. The Morgan fingerprint density at radius 1 is 0.377 bits per heavy atom. The van der Waals surface area contributed by atoms with E-state index in [1.807, 2.05) is 12.1 Å². The van der Waals surface area contributed by atoms with Gasteiger partial charge in [0.15, 0.2) is 0 Å². The van der Waals surface area contributed by atoms with E-state index in [1.165, 1.54) is 71.3 Å². The van der Waals surface area contributed by atoms with Gasteiger partial charge in [0.2, 0.25) is 0 Å². The van der Waals surface area contributed by atoms with Crippen LogP contribution in [0.1, 0.15) is 25.0 Å². The highest BCUT2D eigenvalue weighted by Gasteiger charge is 2.37. The van der Waals surface area contributed by atoms with Crippen molar-refractivity contribution in [2.75, 3.05) is 0 Å². The molecule has 0 amide bonds. The highest BCUT2D eigenvalue weighted by molar-refractivity contribution is 6.29. The van der Waals surface area contributed by atoms with Gasteiger partial charge in [0.05, 0.1) is 5.39 Å². The average Bonchev–Trinajstić information content (AvgIpc) is 3.84. The lowest BCUT2D eigenvalue weighted by atomic mass is 9.80. The average molecular weight is 677 g/mol. The minimum absolute atomic E-state index is 0.133. The second-order valence-corrected chi connectivity index (χ2v) is 15.1. The summed E-state index contributed by atoms with van der Waals surface area (Å²) in [6.45, 7) is 4.76. The summed E-state index contributed by atoms with van der Waals surface area (Å²) in [4.78, 5) is 0. The molecule has 2 heterocycles. The van der Waals surface area contributed by atoms with Crippen molar-refractivity contribution in [2.24, 2.45) is 0 Å². The van der Waals surface area contributed by atoms with Gasteiger partial charge in [-0.05, 0) is 90.0 Å². The Hall–Kier alpha value is -6.64. The van der Waals surface area contributed by atoms with Gasteiger partial charge in [-0.25, -0.2) is 0 Å². The summed E-state index contributed by atoms with van der Waals surface area (Å²) in [5, 5.41) is 11.7. The predicted molar refractivity (Wildman–Crippen MR) is 222 cm³/mol. The molecule has 12 rings (SSSR count). The van der Waals surface area contributed by atoms with Crippen molar-refractivity contribution in [3.05, 3.63) is 169 Å². The quantitative estimate of drug-likeness (QED) is 0.170. The van der Waals surface area contributed by atoms with Crippen LogP contribution in [-0.4, -0.2) is 0 Å². The Morgan fingerprint density at radius 3 is 1.66 bits per heavy atom. The Morgan fingerprint density at radius 2 is 0.943 bits per heavy atom. The van der Waals surface area contributed by atoms with Gasteiger partial charge in [-0.3, -0.25) is 0 Å². The molecule has 0 aliphatic heterocycles. The second kappa shape index (κ2) is 10.2. The summed E-state index contributed by atoms with van der Waals surface area (Å²) in [5.41, 5.74) is 13.6. The maximum atomic E-state index is 6.83. The van der Waals surface area contributed by atoms with E-state index in [2.05, 4.69) is 159 Å². The number of fused-ring (bicyclic) bond motifs is 14. The van der Waals surface area contributed by atoms with Crippen molar-refractivity contribution >= 4 is 76.2 Å². The first-order valence-corrected chi connectivity index (χ1v) is 18.4. The molecule has 0 saturated heterocycles. The van der Waals surface area contributed by atoms with E-state index in [0.29, 0.717) is 0 Å². The summed E-state index contributed by atoms with van der Waals surface area (Å²) >= 11 is 0. The van der Waals surface area contributed by atoms with Crippen molar-refractivity contribution < 1.29 is 8.83 Å². The topological polar surface area (TPSA) is 26.3 Å². The molecule has 1 aliphatic rings. The van der Waals surface area contributed by atoms with Gasteiger partial charge < -0.3 is 8.83 Å². The standard InChI is InChI=1S/C51H32O2/c1-51(2)41-26-24-29-13-3-4-14-31(29)47(41)37-25-23-30(27-42(37)51)45-33-16-5-7-18-35(33)46(36-19-8-6-17-34(36)45)40-28-39-32-15-9-11-21-43(32)52-49(39)48-38-20-10-12-22-44(38)53-50(40)48/h3-28H,1-2H3. The monoisotopic (exact) mass is 676 g/mol. The van der Waals surface area contributed by atoms with Gasteiger partial charge >= 0.3 is 0 Å². The zero-order valence-electron chi connectivity index (χ0n) is 29.3. The van der Waals surface area contributed by atoms with E-state index in [0.717, 1.165) is 49.4 Å². The van der Waals surface area contributed by atoms with Crippen molar-refractivity contribution in [2.45, 2.75) is 19.3 Å². The van der Waals surface area contributed by atoms with E-state index in [9.17, 15) is 0 Å². The van der Waals surface area contributed by atoms with E-state index >= 15 is 0 Å². The van der Waals surface area contributed by atoms with Gasteiger partial charge in [0.25, 0.3) is 0 Å². The van der Waals surface area contributed by atoms with Crippen LogP contribution in [0.5, 0.6) is 0 Å². The molecular weight excluding hydrogens is 645 g/mol. The van der Waals surface area contributed by atoms with Gasteiger partial charge in [0, 0.05) is 32.7 Å². The van der Waals surface area contributed by atoms with E-state index in [1.54, 1.807) is 0 Å². The third-order valence-electron chi connectivity index (χ3n) is 12.0. The van der Waals surface area contributed by atoms with Gasteiger partial charge in [-0.2, -0.15) is 0 Å². The highest BCUT2D eigenvalue weighted by atomic mass is 16.3. The van der Waals surface area contributed by atoms with Crippen molar-refractivity contribution in [3.8, 4) is 33.4 Å². The summed E-state index contributed by atoms with van der Waals surface area (Å²) in [7, 11) is 0. The molecule has 1 aliphatic carbocycles. The molecule has 11 aromatic rings. The molecule has 0 N–H and O–H groups in total. The molecule has 2 heteroatoms. The van der Waals surface area contributed by atoms with E-state index in [4.69, 9.17) is 8.83 Å². The molecule has 2 aromatic heterocycles. The van der Waals surface area contributed by atoms with Crippen LogP contribution in [0.25, 0.3) is 110 Å². The maximum absolute atomic E-state index is 6.83. The summed E-state index contributed by atoms with van der Waals surface area (Å²) in [6.07, 6.45) is 0. The molecule has 248 valence electrons. The summed E-state index contributed by atoms with van der Waals surface area (Å²) in [6, 6.07) is 57.4. The molecule has 9 aromatic carbocycles. The summed E-state index contributed by atoms with van der Waals surface area (Å²) in [5.74, 6) is 0. The maximum Gasteiger partial charge on any atom is 0.147 e. The highest BCUT2D eigenvalue weighted by Crippen LogP contribution is 2.54. The predicted octanol–water partition coefficient (Wildman–Crippen LogP) is 14.6. The zero-order chi connectivity index (χ0) is 35.0. The molecule has 0 saturated carbocycles. The Bertz CT molecular complexity index is 3310. The van der Waals surface area contributed by atoms with Gasteiger partial charge in [-0.15, -0.1) is 0 Å². The Kier molecular flexibility index (Phi) is 5.60. The Labute approximate surface area is 305 Å². The normalized spacial score (nSPS) is 13.6. The third-order valence-corrected chi connectivity index (χ3v) is 12.0. The van der Waals surface area contributed by atoms with Crippen LogP contribution >= 0.6 is 0 Å². The molecule has 0 atom stereocenters. The van der Waals surface area contributed by atoms with Crippen LogP contribution in [0, 0.1) is 0 Å². The van der Waals surface area contributed by atoms with Crippen LogP contribution in [0.15, 0.2) is 167 Å². The number of hydrogen-bond acceptors (Lipinski definition) is 2. The molecule has 0 fully saturated rings. The second-order valence-electron chi connectivity index (χ2n) is 15.1. The molecule has 53 heavy (non-hydrogen) atoms. The smallest absolute Gasteiger partial charge is 0.147 e. The fourth-order valence-corrected chi connectivity index (χ4v) is 9.64. The van der Waals surface area contributed by atoms with Gasteiger partial charge in [0.1, 0.15) is 22.3 Å². The number of benzene rings is 9. The summed E-state index contributed by atoms with van der Waals surface area (Å²) < 4.78 is 13.4. The molecular formula is C51H32O2. The van der Waals surface area contributed by atoms with E-state index in [-0.39, 0.29) is 5.41 Å². The first-order chi connectivity index (χ1) is 26.1. The van der Waals surface area contributed by atoms with Crippen LogP contribution < -0.4 is 0 Å². The van der Waals surface area contributed by atoms with Gasteiger partial charge in [-0.1, -0.05) is 147 Å². The third kappa shape index (κ3) is 3.77. The molecule has 2 nitrogen and oxygen atoms in total. The van der Waals surface area contributed by atoms with E-state index < -0.39 is 0 Å². The number of para-hydroxylation sites is 2. The lowest BCUT2D eigenvalue weighted by molar-refractivity contribution is 0.661. The fraction of sp³-hybridized carbons (Fsp3) is 0.0588. The molecule has 0 unspecified atom stereocenters. The van der Waals surface area contributed by atoms with Crippen molar-refractivity contribution in [3.63, 3.8) is 0 Å². The number of rotatable bonds is 2. The fourth-order valence-electron chi connectivity index (χ4n) is 9.64. The molecule has 0 spiro atoms. The number of furan rings is 2. The number of hydrogen-bond donors (Lipinski definition) is 0. The first-order valence-electron chi connectivity index (χ1n) is 18.4. The zero-order valence-corrected chi connectivity index (χ0v) is 29.3. The van der Waals surface area contributed by atoms with Crippen LogP contribution in [-0.2, 0) is 5.41 Å². The Balaban J connectivity index is 1.19. The van der Waals surface area contributed by atoms with Crippen LogP contribution in [0.3, 0.4) is 0 Å². The SMILES string of the molecule is CC1(C)c2cc(-c3c4ccccc4c(-c4cc5c6ccccc6oc5c5c4oc4ccccc45)c4ccccc34)ccc2-c2c1ccc1ccccc21. The minimum atomic E-state index is -0.133. The lowest BCUT2D eigenvalue weighted by Crippen LogP contribution is -2.15. The van der Waals surface area contributed by atoms with Crippen molar-refractivity contribution in [1.82, 2.24) is 0 Å². The van der Waals surface area contributed by atoms with Crippen molar-refractivity contribution in [1.29, 1.82) is 0 Å². The minimum Gasteiger partial charge on any atom is -0.455 e. The molecule has 0 bridgehead atoms. The van der Waals surface area contributed by atoms with Crippen LogP contribution in [0.2, 0.25) is 0 Å². The van der Waals surface area contributed by atoms with Crippen LogP contribution in [0.4, 0.5) is 0 Å².